The Balaban J connectivity index is 1.37. The first-order chi connectivity index (χ1) is 34.1. The van der Waals surface area contributed by atoms with Crippen LogP contribution in [-0.4, -0.2) is 190 Å². The van der Waals surface area contributed by atoms with Gasteiger partial charge in [0.05, 0.1) is 59.9 Å². The van der Waals surface area contributed by atoms with Gasteiger partial charge in [0, 0.05) is 56.7 Å². The van der Waals surface area contributed by atoms with Gasteiger partial charge in [-0.1, -0.05) is 26.8 Å². The minimum atomic E-state index is -1.84. The molecule has 5 N–H and O–H groups in total. The second kappa shape index (κ2) is 25.1. The first kappa shape index (κ1) is 60.3. The number of aromatic carboxylic acids is 1. The molecular weight excluding hydrogens is 947 g/mol. The van der Waals surface area contributed by atoms with Crippen molar-refractivity contribution < 1.29 is 73.0 Å². The van der Waals surface area contributed by atoms with Gasteiger partial charge in [0.1, 0.15) is 42.2 Å². The number of carbonyl (C=O) groups excluding carboxylic acids is 1. The Morgan fingerprint density at radius 2 is 1.64 bits per heavy atom. The number of benzene rings is 1. The highest BCUT2D eigenvalue weighted by atomic mass is 16.7. The molecule has 0 radical (unpaired) electrons. The van der Waals surface area contributed by atoms with E-state index in [1.165, 1.54) is 13.1 Å². The molecule has 3 fully saturated rings. The SMILES string of the molecule is CC[C@H]1OC(=O)[C@H](C)[C@@H](OC2C[C@@](C)(OC)[C@@H](OCCO/C=C/Cc3ccc4c(c3)c(=O)c(C(=O)O)cn4C)[C@H](C)O2)[C@H](C)[C@@H](O[C@@H]2O[C@H](C)C[C@H](N(C)C)[C@H]2O)[C@](C)(O)C[C@@H](C)CN(C)[C@H](C)[C@H](O)[C@]1(C)O. The summed E-state index contributed by atoms with van der Waals surface area (Å²) in [7, 11) is 8.87. The van der Waals surface area contributed by atoms with Gasteiger partial charge in [0.2, 0.25) is 5.43 Å². The highest BCUT2D eigenvalue weighted by molar-refractivity contribution is 5.92. The van der Waals surface area contributed by atoms with Gasteiger partial charge < -0.3 is 77.8 Å². The Labute approximate surface area is 431 Å². The summed E-state index contributed by atoms with van der Waals surface area (Å²) >= 11 is 0. The van der Waals surface area contributed by atoms with Crippen molar-refractivity contribution >= 4 is 22.8 Å². The number of aliphatic hydroxyl groups is 4. The van der Waals surface area contributed by atoms with E-state index in [-0.39, 0.29) is 56.1 Å². The number of aromatic nitrogens is 1. The number of carbonyl (C=O) groups is 2. The number of rotatable bonds is 15. The van der Waals surface area contributed by atoms with Gasteiger partial charge >= 0.3 is 11.9 Å². The van der Waals surface area contributed by atoms with Crippen molar-refractivity contribution in [2.24, 2.45) is 24.8 Å². The largest absolute Gasteiger partial charge is 0.499 e. The fourth-order valence-corrected chi connectivity index (χ4v) is 11.4. The number of cyclic esters (lactones) is 1. The second-order valence-corrected chi connectivity index (χ2v) is 22.1. The van der Waals surface area contributed by atoms with Crippen LogP contribution in [0.1, 0.15) is 111 Å². The van der Waals surface area contributed by atoms with E-state index in [2.05, 4.69) is 0 Å². The van der Waals surface area contributed by atoms with Crippen molar-refractivity contribution in [3.63, 3.8) is 0 Å². The second-order valence-electron chi connectivity index (χ2n) is 22.1. The van der Waals surface area contributed by atoms with E-state index >= 15 is 0 Å². The van der Waals surface area contributed by atoms with Gasteiger partial charge in [-0.05, 0) is 125 Å². The molecule has 1 aromatic carbocycles. The molecule has 5 rings (SSSR count). The summed E-state index contributed by atoms with van der Waals surface area (Å²) in [6, 6.07) is 4.47. The monoisotopic (exact) mass is 1030 g/mol. The van der Waals surface area contributed by atoms with Crippen LogP contribution in [-0.2, 0) is 56.2 Å². The zero-order valence-electron chi connectivity index (χ0n) is 45.8. The van der Waals surface area contributed by atoms with Gasteiger partial charge in [0.15, 0.2) is 12.6 Å². The van der Waals surface area contributed by atoms with E-state index in [1.807, 2.05) is 71.6 Å². The van der Waals surface area contributed by atoms with Gasteiger partial charge in [-0.25, -0.2) is 4.79 Å². The predicted octanol–water partition coefficient (Wildman–Crippen LogP) is 4.25. The normalized spacial score (nSPS) is 38.8. The third-order valence-electron chi connectivity index (χ3n) is 15.7. The number of ether oxygens (including phenoxy) is 8. The summed E-state index contributed by atoms with van der Waals surface area (Å²) in [5.41, 5.74) is -3.83. The molecule has 19 nitrogen and oxygen atoms in total. The van der Waals surface area contributed by atoms with Crippen molar-refractivity contribution in [2.45, 2.75) is 192 Å². The summed E-state index contributed by atoms with van der Waals surface area (Å²) in [4.78, 5) is 42.9. The van der Waals surface area contributed by atoms with E-state index < -0.39 is 107 Å². The number of aliphatic hydroxyl groups excluding tert-OH is 2. The molecule has 1 aromatic heterocycles. The average molecular weight is 1030 g/mol. The van der Waals surface area contributed by atoms with Gasteiger partial charge in [-0.3, -0.25) is 9.59 Å². The maximum absolute atomic E-state index is 14.6. The minimum Gasteiger partial charge on any atom is -0.499 e. The number of esters is 1. The van der Waals surface area contributed by atoms with Crippen LogP contribution in [0.3, 0.4) is 0 Å². The van der Waals surface area contributed by atoms with E-state index in [4.69, 9.17) is 37.9 Å². The average Bonchev–Trinajstić information content (AvgIpc) is 3.32. The number of methoxy groups -OCH3 is 1. The molecule has 19 heteroatoms. The molecule has 4 heterocycles. The van der Waals surface area contributed by atoms with Crippen LogP contribution in [0, 0.1) is 17.8 Å². The molecule has 414 valence electrons. The van der Waals surface area contributed by atoms with Crippen LogP contribution in [0.5, 0.6) is 0 Å². The fourth-order valence-electron chi connectivity index (χ4n) is 11.4. The van der Waals surface area contributed by atoms with Gasteiger partial charge in [0.25, 0.3) is 0 Å². The quantitative estimate of drug-likeness (QED) is 0.0953. The van der Waals surface area contributed by atoms with Crippen LogP contribution in [0.2, 0.25) is 0 Å². The summed E-state index contributed by atoms with van der Waals surface area (Å²) in [5.74, 6) is -4.03. The lowest BCUT2D eigenvalue weighted by atomic mass is 9.77. The number of hydrogen-bond donors (Lipinski definition) is 5. The maximum atomic E-state index is 14.6. The van der Waals surface area contributed by atoms with E-state index in [9.17, 15) is 39.9 Å². The lowest BCUT2D eigenvalue weighted by Gasteiger charge is -2.49. The molecule has 0 amide bonds. The summed E-state index contributed by atoms with van der Waals surface area (Å²) in [5, 5.41) is 57.9. The number of fused-ring (bicyclic) bond motifs is 1. The van der Waals surface area contributed by atoms with E-state index in [0.29, 0.717) is 30.3 Å². The lowest BCUT2D eigenvalue weighted by Crippen LogP contribution is -2.61. The van der Waals surface area contributed by atoms with Crippen LogP contribution in [0.15, 0.2) is 41.5 Å². The number of carboxylic acid groups (broad SMARTS) is 1. The molecule has 1 unspecified atom stereocenters. The number of allylic oxidation sites excluding steroid dienone is 1. The predicted molar refractivity (Wildman–Crippen MR) is 273 cm³/mol. The van der Waals surface area contributed by atoms with Gasteiger partial charge in [-0.15, -0.1) is 0 Å². The van der Waals surface area contributed by atoms with Crippen LogP contribution in [0.25, 0.3) is 10.9 Å². The zero-order valence-corrected chi connectivity index (χ0v) is 45.8. The Bertz CT molecular complexity index is 2240. The molecule has 0 bridgehead atoms. The third kappa shape index (κ3) is 14.1. The lowest BCUT2D eigenvalue weighted by molar-refractivity contribution is -0.321. The highest BCUT2D eigenvalue weighted by Gasteiger charge is 2.53. The number of likely N-dealkylation sites (N-methyl/N-ethyl adjacent to an activating group) is 2. The van der Waals surface area contributed by atoms with E-state index in [1.54, 1.807) is 70.9 Å². The molecule has 0 spiro atoms. The Kier molecular flexibility index (Phi) is 20.7. The van der Waals surface area contributed by atoms with Crippen LogP contribution >= 0.6 is 0 Å². The van der Waals surface area contributed by atoms with Gasteiger partial charge in [-0.2, -0.15) is 0 Å². The van der Waals surface area contributed by atoms with Crippen molar-refractivity contribution in [1.82, 2.24) is 14.4 Å². The molecule has 0 aliphatic carbocycles. The van der Waals surface area contributed by atoms with Crippen molar-refractivity contribution in [2.75, 3.05) is 48.0 Å². The molecule has 3 aliphatic rings. The maximum Gasteiger partial charge on any atom is 0.341 e. The van der Waals surface area contributed by atoms with Crippen molar-refractivity contribution in [3.05, 3.63) is 58.1 Å². The Morgan fingerprint density at radius 3 is 2.27 bits per heavy atom. The molecular formula is C54H87N3O16. The molecule has 73 heavy (non-hydrogen) atoms. The van der Waals surface area contributed by atoms with E-state index in [0.717, 1.165) is 5.56 Å². The topological polar surface area (TPSA) is 238 Å². The summed E-state index contributed by atoms with van der Waals surface area (Å²) in [6.45, 7) is 18.6. The summed E-state index contributed by atoms with van der Waals surface area (Å²) < 4.78 is 52.7. The van der Waals surface area contributed by atoms with Crippen molar-refractivity contribution in [1.29, 1.82) is 0 Å². The third-order valence-corrected chi connectivity index (χ3v) is 15.7. The number of aryl methyl sites for hydroxylation is 1. The Morgan fingerprint density at radius 1 is 0.959 bits per heavy atom. The first-order valence-corrected chi connectivity index (χ1v) is 25.9. The number of pyridine rings is 1. The van der Waals surface area contributed by atoms with Crippen LogP contribution < -0.4 is 5.43 Å². The highest BCUT2D eigenvalue weighted by Crippen LogP contribution is 2.41. The summed E-state index contributed by atoms with van der Waals surface area (Å²) in [6.07, 6.45) is -3.09. The Hall–Kier alpha value is -3.57. The number of carboxylic acids is 1. The molecule has 3 aliphatic heterocycles. The smallest absolute Gasteiger partial charge is 0.341 e. The molecule has 18 atom stereocenters. The minimum absolute atomic E-state index is 0.154. The van der Waals surface area contributed by atoms with Crippen molar-refractivity contribution in [3.8, 4) is 0 Å². The number of nitrogens with zero attached hydrogens (tertiary/aromatic N) is 3. The van der Waals surface area contributed by atoms with Crippen LogP contribution in [0.4, 0.5) is 0 Å². The standard InChI is InChI=1S/C54H87N3O16/c1-16-41-54(10,65)46(60)34(6)56(13)28-30(2)26-52(8,64)47(73-51-44(59)40(55(11)12)24-31(3)69-51)32(4)45(33(5)50(63)71-41)72-42-27-53(9,66-15)48(35(7)70-42)68-23-22-67-21-17-18-36-19-20-39-37(25-36)43(58)38(49(61)62)29-57(39)14/h17,19-21,25,29-35,40-42,44-48,51,59-60,64-65H,16,18,22-24,26-28H2,1-15H3,(H,61,62)/b21-17+/t30-,31-,32+,33-,34-,35+,40+,41-,42?,44-,45+,46+,47-,48+,51+,52-,53-,54-/m1/s1. The zero-order chi connectivity index (χ0) is 54.5. The first-order valence-electron chi connectivity index (χ1n) is 25.9. The molecule has 2 aromatic rings. The molecule has 0 saturated carbocycles. The number of hydrogen-bond acceptors (Lipinski definition) is 17. The fraction of sp³-hybridized carbons (Fsp3) is 0.759. The molecule has 3 saturated heterocycles.